The van der Waals surface area contributed by atoms with Gasteiger partial charge in [0.05, 0.1) is 6.26 Å². The van der Waals surface area contributed by atoms with Gasteiger partial charge in [-0.05, 0) is 44.0 Å². The number of para-hydroxylation sites is 1. The Balaban J connectivity index is 1.54. The predicted octanol–water partition coefficient (Wildman–Crippen LogP) is 2.79. The highest BCUT2D eigenvalue weighted by molar-refractivity contribution is 5.79. The van der Waals surface area contributed by atoms with E-state index in [4.69, 9.17) is 4.42 Å². The fraction of sp³-hybridized carbons (Fsp3) is 0.421. The Morgan fingerprint density at radius 2 is 2.12 bits per heavy atom. The number of fused-ring (bicyclic) bond motifs is 1. The number of furan rings is 1. The van der Waals surface area contributed by atoms with Crippen LogP contribution in [0.4, 0.5) is 5.69 Å². The lowest BCUT2D eigenvalue weighted by Gasteiger charge is -2.25. The zero-order chi connectivity index (χ0) is 16.8. The number of guanidine groups is 1. The van der Waals surface area contributed by atoms with Crippen molar-refractivity contribution in [3.05, 3.63) is 54.0 Å². The lowest BCUT2D eigenvalue weighted by Crippen LogP contribution is -2.42. The average molecular weight is 326 g/mol. The van der Waals surface area contributed by atoms with E-state index in [0.29, 0.717) is 12.6 Å². The van der Waals surface area contributed by atoms with Crippen LogP contribution < -0.4 is 15.5 Å². The van der Waals surface area contributed by atoms with Gasteiger partial charge in [-0.1, -0.05) is 18.2 Å². The van der Waals surface area contributed by atoms with Gasteiger partial charge in [-0.2, -0.15) is 0 Å². The van der Waals surface area contributed by atoms with Gasteiger partial charge in [-0.3, -0.25) is 0 Å². The first kappa shape index (κ1) is 16.4. The molecule has 5 nitrogen and oxygen atoms in total. The van der Waals surface area contributed by atoms with E-state index in [1.54, 1.807) is 6.26 Å². The molecule has 0 saturated carbocycles. The molecule has 1 unspecified atom stereocenters. The van der Waals surface area contributed by atoms with E-state index in [2.05, 4.69) is 58.6 Å². The van der Waals surface area contributed by atoms with E-state index in [-0.39, 0.29) is 0 Å². The van der Waals surface area contributed by atoms with Gasteiger partial charge in [0.25, 0.3) is 0 Å². The van der Waals surface area contributed by atoms with Crippen LogP contribution in [0.2, 0.25) is 0 Å². The summed E-state index contributed by atoms with van der Waals surface area (Å²) < 4.78 is 5.33. The second-order valence-electron chi connectivity index (χ2n) is 6.08. The van der Waals surface area contributed by atoms with E-state index in [0.717, 1.165) is 37.8 Å². The standard InChI is InChI=1S/C19H26N4O/c1-3-20-19(22-14-17-8-6-12-24-17)21-10-11-23-15(2)13-16-7-4-5-9-18(16)23/h4-9,12,15H,3,10-11,13-14H2,1-2H3,(H2,20,21,22). The summed E-state index contributed by atoms with van der Waals surface area (Å²) in [6.45, 7) is 7.56. The average Bonchev–Trinajstić information content (AvgIpc) is 3.20. The molecule has 1 atom stereocenters. The molecule has 0 radical (unpaired) electrons. The zero-order valence-electron chi connectivity index (χ0n) is 14.5. The molecule has 0 fully saturated rings. The van der Waals surface area contributed by atoms with Crippen molar-refractivity contribution in [1.82, 2.24) is 10.6 Å². The van der Waals surface area contributed by atoms with Gasteiger partial charge in [-0.25, -0.2) is 4.99 Å². The minimum Gasteiger partial charge on any atom is -0.467 e. The van der Waals surface area contributed by atoms with E-state index in [9.17, 15) is 0 Å². The van der Waals surface area contributed by atoms with Gasteiger partial charge in [0.1, 0.15) is 12.3 Å². The molecule has 1 aromatic carbocycles. The highest BCUT2D eigenvalue weighted by Crippen LogP contribution is 2.31. The minimum atomic E-state index is 0.547. The molecule has 0 aliphatic carbocycles. The maximum Gasteiger partial charge on any atom is 0.191 e. The summed E-state index contributed by atoms with van der Waals surface area (Å²) in [5.74, 6) is 1.70. The van der Waals surface area contributed by atoms with Crippen molar-refractivity contribution in [2.24, 2.45) is 4.99 Å². The van der Waals surface area contributed by atoms with Crippen LogP contribution in [0.1, 0.15) is 25.2 Å². The Morgan fingerprint density at radius 3 is 2.92 bits per heavy atom. The van der Waals surface area contributed by atoms with Crippen LogP contribution in [0.3, 0.4) is 0 Å². The van der Waals surface area contributed by atoms with Gasteiger partial charge in [0.15, 0.2) is 5.96 Å². The van der Waals surface area contributed by atoms with Crippen LogP contribution in [-0.2, 0) is 13.0 Å². The molecule has 0 spiro atoms. The largest absolute Gasteiger partial charge is 0.467 e. The van der Waals surface area contributed by atoms with Crippen molar-refractivity contribution in [1.29, 1.82) is 0 Å². The maximum absolute atomic E-state index is 5.33. The Kier molecular flexibility index (Phi) is 5.41. The molecule has 2 aromatic rings. The topological polar surface area (TPSA) is 52.8 Å². The van der Waals surface area contributed by atoms with Crippen molar-refractivity contribution in [3.8, 4) is 0 Å². The molecular formula is C19H26N4O. The van der Waals surface area contributed by atoms with Crippen LogP contribution in [-0.4, -0.2) is 31.6 Å². The van der Waals surface area contributed by atoms with Gasteiger partial charge < -0.3 is 20.0 Å². The summed E-state index contributed by atoms with van der Waals surface area (Å²) in [7, 11) is 0. The Morgan fingerprint density at radius 1 is 1.25 bits per heavy atom. The first-order valence-corrected chi connectivity index (χ1v) is 8.67. The number of hydrogen-bond donors (Lipinski definition) is 2. The Bertz CT molecular complexity index is 666. The third-order valence-corrected chi connectivity index (χ3v) is 4.31. The quantitative estimate of drug-likeness (QED) is 0.633. The van der Waals surface area contributed by atoms with E-state index >= 15 is 0 Å². The molecule has 1 aliphatic rings. The Labute approximate surface area is 143 Å². The molecule has 1 aromatic heterocycles. The molecular weight excluding hydrogens is 300 g/mol. The van der Waals surface area contributed by atoms with E-state index in [1.807, 2.05) is 12.1 Å². The van der Waals surface area contributed by atoms with Gasteiger partial charge >= 0.3 is 0 Å². The molecule has 0 bridgehead atoms. The first-order valence-electron chi connectivity index (χ1n) is 8.67. The Hall–Kier alpha value is -2.43. The molecule has 2 heterocycles. The molecule has 0 saturated heterocycles. The summed E-state index contributed by atoms with van der Waals surface area (Å²) in [5, 5.41) is 6.70. The SMILES string of the molecule is CCNC(=NCc1ccco1)NCCN1c2ccccc2CC1C. The van der Waals surface area contributed by atoms with E-state index in [1.165, 1.54) is 11.3 Å². The van der Waals surface area contributed by atoms with E-state index < -0.39 is 0 Å². The highest BCUT2D eigenvalue weighted by atomic mass is 16.3. The summed E-state index contributed by atoms with van der Waals surface area (Å²) in [4.78, 5) is 7.04. The maximum atomic E-state index is 5.33. The monoisotopic (exact) mass is 326 g/mol. The fourth-order valence-corrected chi connectivity index (χ4v) is 3.17. The number of nitrogens with one attached hydrogen (secondary N) is 2. The molecule has 128 valence electrons. The predicted molar refractivity (Wildman–Crippen MR) is 98.5 cm³/mol. The number of rotatable bonds is 6. The molecule has 3 rings (SSSR count). The van der Waals surface area contributed by atoms with Crippen LogP contribution in [0, 0.1) is 0 Å². The molecule has 5 heteroatoms. The lowest BCUT2D eigenvalue weighted by molar-refractivity contribution is 0.512. The van der Waals surface area contributed by atoms with Crippen LogP contribution in [0.25, 0.3) is 0 Å². The van der Waals surface area contributed by atoms with Crippen molar-refractivity contribution in [2.75, 3.05) is 24.5 Å². The number of benzene rings is 1. The lowest BCUT2D eigenvalue weighted by atomic mass is 10.1. The number of hydrogen-bond acceptors (Lipinski definition) is 3. The second kappa shape index (κ2) is 7.90. The number of anilines is 1. The summed E-state index contributed by atoms with van der Waals surface area (Å²) >= 11 is 0. The van der Waals surface area contributed by atoms with Crippen molar-refractivity contribution in [2.45, 2.75) is 32.9 Å². The minimum absolute atomic E-state index is 0.547. The number of aliphatic imine (C=N–C) groups is 1. The molecule has 0 amide bonds. The normalized spacial score (nSPS) is 17.0. The van der Waals surface area contributed by atoms with Crippen molar-refractivity contribution >= 4 is 11.6 Å². The van der Waals surface area contributed by atoms with Crippen molar-refractivity contribution in [3.63, 3.8) is 0 Å². The summed E-state index contributed by atoms with van der Waals surface area (Å²) in [6, 6.07) is 13.1. The van der Waals surface area contributed by atoms with Crippen LogP contribution in [0.15, 0.2) is 52.1 Å². The van der Waals surface area contributed by atoms with Gasteiger partial charge in [0, 0.05) is 31.4 Å². The fourth-order valence-electron chi connectivity index (χ4n) is 3.17. The van der Waals surface area contributed by atoms with Gasteiger partial charge in [-0.15, -0.1) is 0 Å². The molecule has 2 N–H and O–H groups in total. The highest BCUT2D eigenvalue weighted by Gasteiger charge is 2.24. The summed E-state index contributed by atoms with van der Waals surface area (Å²) in [6.07, 6.45) is 2.81. The number of nitrogens with zero attached hydrogens (tertiary/aromatic N) is 2. The molecule has 24 heavy (non-hydrogen) atoms. The molecule has 1 aliphatic heterocycles. The first-order chi connectivity index (χ1) is 11.8. The van der Waals surface area contributed by atoms with Crippen molar-refractivity contribution < 1.29 is 4.42 Å². The second-order valence-corrected chi connectivity index (χ2v) is 6.08. The third kappa shape index (κ3) is 3.91. The smallest absolute Gasteiger partial charge is 0.191 e. The zero-order valence-corrected chi connectivity index (χ0v) is 14.5. The van der Waals surface area contributed by atoms with Crippen LogP contribution >= 0.6 is 0 Å². The summed E-state index contributed by atoms with van der Waals surface area (Å²) in [5.41, 5.74) is 2.81. The van der Waals surface area contributed by atoms with Gasteiger partial charge in [0.2, 0.25) is 0 Å². The third-order valence-electron chi connectivity index (χ3n) is 4.31. The van der Waals surface area contributed by atoms with Crippen LogP contribution in [0.5, 0.6) is 0 Å².